The Bertz CT molecular complexity index is 705. The summed E-state index contributed by atoms with van der Waals surface area (Å²) in [7, 11) is 0. The van der Waals surface area contributed by atoms with E-state index in [-0.39, 0.29) is 24.8 Å². The summed E-state index contributed by atoms with van der Waals surface area (Å²) in [6, 6.07) is 15.4. The molecule has 27 heavy (non-hydrogen) atoms. The Balaban J connectivity index is 0.00000364. The summed E-state index contributed by atoms with van der Waals surface area (Å²) < 4.78 is 5.72. The van der Waals surface area contributed by atoms with Crippen molar-refractivity contribution in [3.63, 3.8) is 0 Å². The number of ether oxygens (including phenoxy) is 1. The summed E-state index contributed by atoms with van der Waals surface area (Å²) in [5.74, 6) is 0.597. The quantitative estimate of drug-likeness (QED) is 0.449. The van der Waals surface area contributed by atoms with Gasteiger partial charge >= 0.3 is 0 Å². The fraction of sp³-hybridized carbons (Fsp3) is 0.409. The van der Waals surface area contributed by atoms with E-state index in [9.17, 15) is 9.90 Å². The van der Waals surface area contributed by atoms with Gasteiger partial charge in [0.25, 0.3) is 0 Å². The minimum atomic E-state index is -0.600. The van der Waals surface area contributed by atoms with Crippen molar-refractivity contribution in [2.45, 2.75) is 39.2 Å². The summed E-state index contributed by atoms with van der Waals surface area (Å²) in [5.41, 5.74) is 2.97. The van der Waals surface area contributed by atoms with Gasteiger partial charge in [0.05, 0.1) is 5.56 Å². The van der Waals surface area contributed by atoms with Crippen molar-refractivity contribution in [3.8, 4) is 5.75 Å². The molecule has 0 amide bonds. The lowest BCUT2D eigenvalue weighted by Crippen LogP contribution is -2.32. The molecule has 0 aliphatic rings. The van der Waals surface area contributed by atoms with Gasteiger partial charge in [-0.25, -0.2) is 0 Å². The molecule has 2 N–H and O–H groups in total. The second kappa shape index (κ2) is 12.5. The number of hydrogen-bond donors (Lipinski definition) is 2. The molecule has 0 fully saturated rings. The molecule has 2 aromatic carbocycles. The van der Waals surface area contributed by atoms with Gasteiger partial charge in [0.2, 0.25) is 0 Å². The van der Waals surface area contributed by atoms with Crippen LogP contribution in [0.15, 0.2) is 48.5 Å². The summed E-state index contributed by atoms with van der Waals surface area (Å²) >= 11 is 0. The van der Waals surface area contributed by atoms with E-state index in [1.54, 1.807) is 12.1 Å². The van der Waals surface area contributed by atoms with Crippen molar-refractivity contribution in [1.82, 2.24) is 5.32 Å². The second-order valence-electron chi connectivity index (χ2n) is 6.51. The largest absolute Gasteiger partial charge is 0.490 e. The zero-order valence-electron chi connectivity index (χ0n) is 16.1. The number of aliphatic hydroxyl groups is 1. The Morgan fingerprint density at radius 2 is 1.85 bits per heavy atom. The molecule has 4 nitrogen and oxygen atoms in total. The number of halogens is 1. The molecule has 0 aromatic heterocycles. The zero-order chi connectivity index (χ0) is 18.8. The molecule has 5 heteroatoms. The van der Waals surface area contributed by atoms with Crippen LogP contribution in [-0.2, 0) is 6.42 Å². The van der Waals surface area contributed by atoms with Crippen LogP contribution in [0.2, 0.25) is 0 Å². The zero-order valence-corrected chi connectivity index (χ0v) is 16.9. The fourth-order valence-electron chi connectivity index (χ4n) is 2.79. The Kier molecular flexibility index (Phi) is 10.7. The van der Waals surface area contributed by atoms with Gasteiger partial charge in [0.15, 0.2) is 5.78 Å². The predicted molar refractivity (Wildman–Crippen MR) is 112 cm³/mol. The first-order valence-corrected chi connectivity index (χ1v) is 9.30. The first-order valence-electron chi connectivity index (χ1n) is 9.30. The number of Topliss-reactive ketones (excluding diaryl/α,β-unsaturated/α-hetero) is 1. The van der Waals surface area contributed by atoms with Gasteiger partial charge in [-0.05, 0) is 49.6 Å². The molecule has 0 saturated carbocycles. The maximum Gasteiger partial charge on any atom is 0.166 e. The standard InChI is InChI=1S/C22H29NO3.ClH/c1-3-14-23-15-19(24)16-26-22-11-7-6-10-20(22)21(25)13-12-18-9-5-4-8-17(18)2;/h4-11,19,23-24H,3,12-16H2,1-2H3;1H. The average Bonchev–Trinajstić information content (AvgIpc) is 2.66. The SMILES string of the molecule is CCCNCC(O)COc1ccccc1C(=O)CCc1ccccc1C.Cl. The van der Waals surface area contributed by atoms with Crippen molar-refractivity contribution in [2.75, 3.05) is 19.7 Å². The van der Waals surface area contributed by atoms with Gasteiger partial charge in [-0.3, -0.25) is 4.79 Å². The maximum absolute atomic E-state index is 12.7. The highest BCUT2D eigenvalue weighted by Crippen LogP contribution is 2.21. The lowest BCUT2D eigenvalue weighted by molar-refractivity contribution is 0.0950. The lowest BCUT2D eigenvalue weighted by Gasteiger charge is -2.15. The summed E-state index contributed by atoms with van der Waals surface area (Å²) in [6.07, 6.45) is 1.57. The molecule has 2 rings (SSSR count). The number of aliphatic hydroxyl groups excluding tert-OH is 1. The van der Waals surface area contributed by atoms with Crippen LogP contribution in [0, 0.1) is 6.92 Å². The minimum absolute atomic E-state index is 0. The van der Waals surface area contributed by atoms with Crippen LogP contribution in [0.5, 0.6) is 5.75 Å². The summed E-state index contributed by atoms with van der Waals surface area (Å²) in [5, 5.41) is 13.1. The van der Waals surface area contributed by atoms with Crippen LogP contribution in [0.3, 0.4) is 0 Å². The molecule has 148 valence electrons. The van der Waals surface area contributed by atoms with Gasteiger partial charge in [-0.2, -0.15) is 0 Å². The van der Waals surface area contributed by atoms with Crippen LogP contribution in [0.1, 0.15) is 41.3 Å². The van der Waals surface area contributed by atoms with Crippen molar-refractivity contribution in [3.05, 3.63) is 65.2 Å². The van der Waals surface area contributed by atoms with E-state index in [0.717, 1.165) is 13.0 Å². The molecule has 1 unspecified atom stereocenters. The van der Waals surface area contributed by atoms with Crippen molar-refractivity contribution >= 4 is 18.2 Å². The maximum atomic E-state index is 12.7. The smallest absolute Gasteiger partial charge is 0.166 e. The Hall–Kier alpha value is -1.88. The fourth-order valence-corrected chi connectivity index (χ4v) is 2.79. The molecule has 0 bridgehead atoms. The van der Waals surface area contributed by atoms with Gasteiger partial charge in [0, 0.05) is 13.0 Å². The van der Waals surface area contributed by atoms with Crippen LogP contribution in [-0.4, -0.2) is 36.7 Å². The third kappa shape index (κ3) is 7.71. The molecule has 1 atom stereocenters. The molecule has 0 spiro atoms. The first kappa shape index (κ1) is 23.2. The van der Waals surface area contributed by atoms with E-state index < -0.39 is 6.10 Å². The normalized spacial score (nSPS) is 11.5. The minimum Gasteiger partial charge on any atom is -0.490 e. The van der Waals surface area contributed by atoms with E-state index in [1.165, 1.54) is 11.1 Å². The third-order valence-corrected chi connectivity index (χ3v) is 4.31. The molecule has 2 aromatic rings. The number of carbonyl (C=O) groups is 1. The van der Waals surface area contributed by atoms with E-state index in [2.05, 4.69) is 31.3 Å². The monoisotopic (exact) mass is 391 g/mol. The molecular formula is C22H30ClNO3. The van der Waals surface area contributed by atoms with E-state index in [4.69, 9.17) is 4.74 Å². The van der Waals surface area contributed by atoms with Crippen molar-refractivity contribution in [1.29, 1.82) is 0 Å². The van der Waals surface area contributed by atoms with Crippen LogP contribution >= 0.6 is 12.4 Å². The summed E-state index contributed by atoms with van der Waals surface area (Å²) in [4.78, 5) is 12.7. The molecule has 0 heterocycles. The van der Waals surface area contributed by atoms with Crippen molar-refractivity contribution in [2.24, 2.45) is 0 Å². The number of hydrogen-bond acceptors (Lipinski definition) is 4. The molecule has 0 aliphatic carbocycles. The number of carbonyl (C=O) groups excluding carboxylic acids is 1. The van der Waals surface area contributed by atoms with E-state index in [0.29, 0.717) is 30.7 Å². The number of benzene rings is 2. The number of para-hydroxylation sites is 1. The number of rotatable bonds is 11. The van der Waals surface area contributed by atoms with E-state index in [1.807, 2.05) is 24.3 Å². The van der Waals surface area contributed by atoms with Gasteiger partial charge in [0.1, 0.15) is 18.5 Å². The lowest BCUT2D eigenvalue weighted by atomic mass is 9.99. The molecule has 0 radical (unpaired) electrons. The molecular weight excluding hydrogens is 362 g/mol. The molecule has 0 saturated heterocycles. The average molecular weight is 392 g/mol. The molecule has 0 aliphatic heterocycles. The predicted octanol–water partition coefficient (Wildman–Crippen LogP) is 3.97. The second-order valence-corrected chi connectivity index (χ2v) is 6.51. The van der Waals surface area contributed by atoms with Crippen LogP contribution in [0.4, 0.5) is 0 Å². The Morgan fingerprint density at radius 1 is 1.15 bits per heavy atom. The summed E-state index contributed by atoms with van der Waals surface area (Å²) in [6.45, 7) is 5.65. The number of nitrogens with one attached hydrogen (secondary N) is 1. The number of aryl methyl sites for hydroxylation is 2. The first-order chi connectivity index (χ1) is 12.6. The Labute approximate surface area is 168 Å². The topological polar surface area (TPSA) is 58.6 Å². The van der Waals surface area contributed by atoms with Crippen LogP contribution < -0.4 is 10.1 Å². The van der Waals surface area contributed by atoms with Gasteiger partial charge in [-0.15, -0.1) is 12.4 Å². The van der Waals surface area contributed by atoms with Gasteiger partial charge < -0.3 is 15.2 Å². The number of ketones is 1. The highest BCUT2D eigenvalue weighted by atomic mass is 35.5. The van der Waals surface area contributed by atoms with Crippen molar-refractivity contribution < 1.29 is 14.6 Å². The highest BCUT2D eigenvalue weighted by molar-refractivity contribution is 5.98. The Morgan fingerprint density at radius 3 is 2.59 bits per heavy atom. The highest BCUT2D eigenvalue weighted by Gasteiger charge is 2.14. The van der Waals surface area contributed by atoms with E-state index >= 15 is 0 Å². The third-order valence-electron chi connectivity index (χ3n) is 4.31. The van der Waals surface area contributed by atoms with Crippen LogP contribution in [0.25, 0.3) is 0 Å². The van der Waals surface area contributed by atoms with Gasteiger partial charge in [-0.1, -0.05) is 43.3 Å².